The van der Waals surface area contributed by atoms with Crippen molar-refractivity contribution in [3.63, 3.8) is 0 Å². The Kier molecular flexibility index (Phi) is 57.6. The van der Waals surface area contributed by atoms with E-state index < -0.39 is 97.5 Å². The predicted octanol–water partition coefficient (Wildman–Crippen LogP) is 19.3. The molecule has 0 aromatic carbocycles. The van der Waals surface area contributed by atoms with Crippen LogP contribution in [0.15, 0.2) is 0 Å². The minimum Gasteiger partial charge on any atom is -0.462 e. The van der Waals surface area contributed by atoms with E-state index in [1.54, 1.807) is 0 Å². The van der Waals surface area contributed by atoms with Gasteiger partial charge in [0.05, 0.1) is 26.4 Å². The molecular weight excluding hydrogens is 1160 g/mol. The van der Waals surface area contributed by atoms with Crippen LogP contribution in [0.3, 0.4) is 0 Å². The SMILES string of the molecule is CCC(C)CCCCCCCCC(=O)OC[C@H](COP(=O)(O)OC[C@H](O)COP(=O)(O)OC[C@@H](COC(=O)CCCCCCCCCCCCCC(C)C)OC(=O)CCCCCCCCCCCCC(C)C)OC(=O)CCCCCCCCCCC(C)C. The number of carbonyl (C=O) groups is 4. The van der Waals surface area contributed by atoms with Crippen molar-refractivity contribution in [3.8, 4) is 0 Å². The van der Waals surface area contributed by atoms with Crippen molar-refractivity contribution < 1.29 is 80.2 Å². The van der Waals surface area contributed by atoms with Gasteiger partial charge in [0.2, 0.25) is 0 Å². The Morgan fingerprint density at radius 2 is 0.545 bits per heavy atom. The topological polar surface area (TPSA) is 237 Å². The van der Waals surface area contributed by atoms with Crippen LogP contribution in [0.1, 0.15) is 338 Å². The molecule has 0 fully saturated rings. The Morgan fingerprint density at radius 3 is 0.807 bits per heavy atom. The highest BCUT2D eigenvalue weighted by molar-refractivity contribution is 7.47. The summed E-state index contributed by atoms with van der Waals surface area (Å²) in [6, 6.07) is 0. The molecule has 0 heterocycles. The van der Waals surface area contributed by atoms with Crippen molar-refractivity contribution in [2.24, 2.45) is 23.7 Å². The third-order valence-corrected chi connectivity index (χ3v) is 18.1. The lowest BCUT2D eigenvalue weighted by atomic mass is 10.00. The highest BCUT2D eigenvalue weighted by atomic mass is 31.2. The molecule has 0 aliphatic heterocycles. The van der Waals surface area contributed by atoms with Crippen LogP contribution in [0.25, 0.3) is 0 Å². The van der Waals surface area contributed by atoms with Crippen molar-refractivity contribution in [3.05, 3.63) is 0 Å². The van der Waals surface area contributed by atoms with Crippen LogP contribution in [-0.2, 0) is 65.4 Å². The van der Waals surface area contributed by atoms with Crippen molar-refractivity contribution >= 4 is 39.5 Å². The van der Waals surface area contributed by atoms with Crippen LogP contribution in [0, 0.1) is 23.7 Å². The van der Waals surface area contributed by atoms with Gasteiger partial charge >= 0.3 is 39.5 Å². The van der Waals surface area contributed by atoms with Gasteiger partial charge in [-0.05, 0) is 49.4 Å². The van der Waals surface area contributed by atoms with Gasteiger partial charge in [-0.3, -0.25) is 37.3 Å². The normalized spacial score (nSPS) is 14.6. The van der Waals surface area contributed by atoms with Gasteiger partial charge in [0.15, 0.2) is 12.2 Å². The largest absolute Gasteiger partial charge is 0.472 e. The zero-order valence-corrected chi connectivity index (χ0v) is 59.1. The van der Waals surface area contributed by atoms with Gasteiger partial charge in [-0.25, -0.2) is 9.13 Å². The number of phosphoric ester groups is 2. The van der Waals surface area contributed by atoms with Gasteiger partial charge in [0.25, 0.3) is 0 Å². The first-order valence-electron chi connectivity index (χ1n) is 35.7. The molecule has 19 heteroatoms. The van der Waals surface area contributed by atoms with E-state index in [0.717, 1.165) is 120 Å². The van der Waals surface area contributed by atoms with Gasteiger partial charge in [0.1, 0.15) is 19.3 Å². The van der Waals surface area contributed by atoms with Crippen molar-refractivity contribution in [1.29, 1.82) is 0 Å². The minimum absolute atomic E-state index is 0.103. The smallest absolute Gasteiger partial charge is 0.462 e. The molecule has 0 amide bonds. The van der Waals surface area contributed by atoms with E-state index in [0.29, 0.717) is 25.7 Å². The number of rotatable bonds is 66. The molecule has 0 aromatic rings. The Bertz CT molecular complexity index is 1750. The number of carbonyl (C=O) groups excluding carboxylic acids is 4. The van der Waals surface area contributed by atoms with Crippen LogP contribution >= 0.6 is 15.6 Å². The number of unbranched alkanes of at least 4 members (excludes halogenated alkanes) is 31. The van der Waals surface area contributed by atoms with E-state index in [9.17, 15) is 43.2 Å². The lowest BCUT2D eigenvalue weighted by Gasteiger charge is -2.21. The van der Waals surface area contributed by atoms with Crippen LogP contribution in [0.5, 0.6) is 0 Å². The summed E-state index contributed by atoms with van der Waals surface area (Å²) >= 11 is 0. The molecule has 0 bridgehead atoms. The fraction of sp³-hybridized carbons (Fsp3) is 0.942. The molecule has 88 heavy (non-hydrogen) atoms. The molecule has 3 unspecified atom stereocenters. The molecule has 6 atom stereocenters. The van der Waals surface area contributed by atoms with E-state index in [1.165, 1.54) is 135 Å². The van der Waals surface area contributed by atoms with Gasteiger partial charge in [0, 0.05) is 25.7 Å². The number of aliphatic hydroxyl groups excluding tert-OH is 1. The molecule has 0 spiro atoms. The average molecular weight is 1300 g/mol. The summed E-state index contributed by atoms with van der Waals surface area (Å²) in [7, 11) is -9.90. The lowest BCUT2D eigenvalue weighted by molar-refractivity contribution is -0.161. The van der Waals surface area contributed by atoms with Gasteiger partial charge in [-0.1, -0.05) is 287 Å². The molecule has 522 valence electrons. The molecule has 0 saturated carbocycles. The zero-order valence-electron chi connectivity index (χ0n) is 57.3. The first kappa shape index (κ1) is 86.1. The summed E-state index contributed by atoms with van der Waals surface area (Å²) in [6.45, 7) is 14.1. The average Bonchev–Trinajstić information content (AvgIpc) is 3.70. The zero-order chi connectivity index (χ0) is 65.4. The Labute approximate surface area is 537 Å². The predicted molar refractivity (Wildman–Crippen MR) is 354 cm³/mol. The summed E-state index contributed by atoms with van der Waals surface area (Å²) in [4.78, 5) is 72.5. The highest BCUT2D eigenvalue weighted by Crippen LogP contribution is 2.45. The minimum atomic E-state index is -4.95. The number of ether oxygens (including phenoxy) is 4. The van der Waals surface area contributed by atoms with E-state index in [2.05, 4.69) is 55.4 Å². The van der Waals surface area contributed by atoms with E-state index in [1.807, 2.05) is 0 Å². The second kappa shape index (κ2) is 58.8. The van der Waals surface area contributed by atoms with E-state index >= 15 is 0 Å². The molecular formula is C69H134O17P2. The summed E-state index contributed by atoms with van der Waals surface area (Å²) in [5.74, 6) is 0.839. The van der Waals surface area contributed by atoms with Crippen LogP contribution in [-0.4, -0.2) is 96.7 Å². The van der Waals surface area contributed by atoms with Gasteiger partial charge in [-0.2, -0.15) is 0 Å². The molecule has 0 aliphatic carbocycles. The van der Waals surface area contributed by atoms with E-state index in [4.69, 9.17) is 37.0 Å². The molecule has 0 aliphatic rings. The number of hydrogen-bond donors (Lipinski definition) is 3. The van der Waals surface area contributed by atoms with Crippen molar-refractivity contribution in [2.75, 3.05) is 39.6 Å². The molecule has 17 nitrogen and oxygen atoms in total. The van der Waals surface area contributed by atoms with Gasteiger partial charge < -0.3 is 33.8 Å². The maximum atomic E-state index is 13.0. The third kappa shape index (κ3) is 61.6. The summed E-state index contributed by atoms with van der Waals surface area (Å²) in [6.07, 6.45) is 40.3. The summed E-state index contributed by atoms with van der Waals surface area (Å²) < 4.78 is 68.2. The quantitative estimate of drug-likeness (QED) is 0.0222. The number of phosphoric acid groups is 2. The Balaban J connectivity index is 5.26. The lowest BCUT2D eigenvalue weighted by Crippen LogP contribution is -2.30. The second-order valence-electron chi connectivity index (χ2n) is 26.6. The number of hydrogen-bond acceptors (Lipinski definition) is 15. The number of esters is 4. The molecule has 0 saturated heterocycles. The first-order chi connectivity index (χ1) is 42.1. The monoisotopic (exact) mass is 1300 g/mol. The summed E-state index contributed by atoms with van der Waals surface area (Å²) in [5, 5.41) is 10.6. The second-order valence-corrected chi connectivity index (χ2v) is 29.5. The highest BCUT2D eigenvalue weighted by Gasteiger charge is 2.30. The fourth-order valence-electron chi connectivity index (χ4n) is 10.3. The Hall–Kier alpha value is -1.94. The van der Waals surface area contributed by atoms with Crippen molar-refractivity contribution in [1.82, 2.24) is 0 Å². The van der Waals surface area contributed by atoms with Crippen LogP contribution in [0.4, 0.5) is 0 Å². The van der Waals surface area contributed by atoms with Gasteiger partial charge in [-0.15, -0.1) is 0 Å². The molecule has 0 rings (SSSR count). The fourth-order valence-corrected chi connectivity index (χ4v) is 11.9. The molecule has 3 N–H and O–H groups in total. The molecule has 0 aromatic heterocycles. The maximum absolute atomic E-state index is 13.0. The Morgan fingerprint density at radius 1 is 0.318 bits per heavy atom. The third-order valence-electron chi connectivity index (χ3n) is 16.2. The van der Waals surface area contributed by atoms with E-state index in [-0.39, 0.29) is 25.7 Å². The maximum Gasteiger partial charge on any atom is 0.472 e. The number of aliphatic hydroxyl groups is 1. The standard InChI is InChI=1S/C69H134O17P2/c1-9-62(8)48-40-32-27-28-34-42-50-67(72)80-56-65(86-69(74)52-44-36-26-20-19-23-31-39-47-61(6)7)58-84-88(77,78)82-54-63(70)53-81-87(75,76)83-57-64(85-68(73)51-43-35-25-18-14-13-16-22-30-38-46-60(4)5)55-79-66(71)49-41-33-24-17-12-10-11-15-21-29-37-45-59(2)3/h59-65,70H,9-58H2,1-8H3,(H,75,76)(H,77,78)/t62?,63-,64-,65-/m1/s1. The molecule has 0 radical (unpaired) electrons. The van der Waals surface area contributed by atoms with Crippen molar-refractivity contribution in [2.45, 2.75) is 356 Å². The van der Waals surface area contributed by atoms with Crippen LogP contribution in [0.2, 0.25) is 0 Å². The first-order valence-corrected chi connectivity index (χ1v) is 38.7. The van der Waals surface area contributed by atoms with Crippen LogP contribution < -0.4 is 0 Å². The summed E-state index contributed by atoms with van der Waals surface area (Å²) in [5.41, 5.74) is 0.